The molecule has 0 aliphatic rings. The molecule has 0 spiro atoms. The monoisotopic (exact) mass is 292 g/mol. The lowest BCUT2D eigenvalue weighted by atomic mass is 10.1. The topological polar surface area (TPSA) is 57.9 Å². The maximum Gasteiger partial charge on any atom is 0.336 e. The second-order valence-electron chi connectivity index (χ2n) is 4.56. The van der Waals surface area contributed by atoms with Gasteiger partial charge in [-0.2, -0.15) is 0 Å². The number of benzene rings is 1. The van der Waals surface area contributed by atoms with Crippen molar-refractivity contribution in [2.75, 3.05) is 19.8 Å². The minimum atomic E-state index is -0.403. The van der Waals surface area contributed by atoms with Crippen LogP contribution in [0.3, 0.4) is 0 Å². The molecule has 1 heterocycles. The van der Waals surface area contributed by atoms with Gasteiger partial charge in [-0.1, -0.05) is 0 Å². The van der Waals surface area contributed by atoms with E-state index in [0.29, 0.717) is 24.5 Å². The third-order valence-corrected chi connectivity index (χ3v) is 3.01. The average Bonchev–Trinajstić information content (AvgIpc) is 2.44. The number of aryl methyl sites for hydroxylation is 1. The largest absolute Gasteiger partial charge is 0.488 e. The highest BCUT2D eigenvalue weighted by molar-refractivity contribution is 5.81. The number of ether oxygens (including phenoxy) is 3. The molecule has 0 aliphatic carbocycles. The van der Waals surface area contributed by atoms with Gasteiger partial charge in [-0.05, 0) is 38.5 Å². The molecule has 114 valence electrons. The van der Waals surface area contributed by atoms with Crippen molar-refractivity contribution < 1.29 is 18.6 Å². The Morgan fingerprint density at radius 3 is 2.52 bits per heavy atom. The highest BCUT2D eigenvalue weighted by Crippen LogP contribution is 2.22. The molecule has 1 aromatic heterocycles. The van der Waals surface area contributed by atoms with E-state index in [-0.39, 0.29) is 12.2 Å². The minimum absolute atomic E-state index is 0.281. The van der Waals surface area contributed by atoms with Gasteiger partial charge in [-0.25, -0.2) is 4.79 Å². The summed E-state index contributed by atoms with van der Waals surface area (Å²) in [6.45, 7) is 7.07. The second kappa shape index (κ2) is 7.24. The van der Waals surface area contributed by atoms with E-state index in [1.54, 1.807) is 6.07 Å². The highest BCUT2D eigenvalue weighted by Gasteiger charge is 2.10. The first-order chi connectivity index (χ1) is 10.1. The van der Waals surface area contributed by atoms with Crippen molar-refractivity contribution in [3.05, 3.63) is 40.2 Å². The van der Waals surface area contributed by atoms with Gasteiger partial charge in [-0.15, -0.1) is 0 Å². The predicted molar refractivity (Wildman–Crippen MR) is 79.8 cm³/mol. The summed E-state index contributed by atoms with van der Waals surface area (Å²) in [5, 5.41) is 0.896. The molecular formula is C16H20O5. The van der Waals surface area contributed by atoms with Crippen LogP contribution in [0, 0.1) is 6.92 Å². The van der Waals surface area contributed by atoms with Crippen molar-refractivity contribution in [1.29, 1.82) is 0 Å². The number of rotatable bonds is 7. The Morgan fingerprint density at radius 1 is 1.14 bits per heavy atom. The first-order valence-electron chi connectivity index (χ1n) is 7.04. The van der Waals surface area contributed by atoms with Crippen LogP contribution in [0.4, 0.5) is 0 Å². The molecule has 0 atom stereocenters. The van der Waals surface area contributed by atoms with Gasteiger partial charge in [0.05, 0.1) is 0 Å². The van der Waals surface area contributed by atoms with Crippen LogP contribution in [-0.2, 0) is 9.47 Å². The Hall–Kier alpha value is -1.85. The van der Waals surface area contributed by atoms with Crippen LogP contribution in [0.2, 0.25) is 0 Å². The van der Waals surface area contributed by atoms with Crippen molar-refractivity contribution in [3.8, 4) is 5.75 Å². The maximum absolute atomic E-state index is 11.4. The summed E-state index contributed by atoms with van der Waals surface area (Å²) in [6.07, 6.45) is -0.403. The molecule has 0 fully saturated rings. The lowest BCUT2D eigenvalue weighted by molar-refractivity contribution is -0.152. The number of hydrogen-bond acceptors (Lipinski definition) is 5. The molecule has 0 bridgehead atoms. The van der Waals surface area contributed by atoms with Gasteiger partial charge >= 0.3 is 5.63 Å². The zero-order chi connectivity index (χ0) is 15.2. The summed E-state index contributed by atoms with van der Waals surface area (Å²) in [7, 11) is 0. The molecule has 0 unspecified atom stereocenters. The molecule has 0 N–H and O–H groups in total. The van der Waals surface area contributed by atoms with Crippen LogP contribution < -0.4 is 10.4 Å². The van der Waals surface area contributed by atoms with Crippen LogP contribution in [-0.4, -0.2) is 26.1 Å². The first-order valence-corrected chi connectivity index (χ1v) is 7.04. The summed E-state index contributed by atoms with van der Waals surface area (Å²) in [5.41, 5.74) is 1.04. The van der Waals surface area contributed by atoms with Gasteiger partial charge in [-0.3, -0.25) is 0 Å². The first kappa shape index (κ1) is 15.5. The summed E-state index contributed by atoms with van der Waals surface area (Å²) < 4.78 is 21.7. The van der Waals surface area contributed by atoms with Gasteiger partial charge in [0, 0.05) is 30.7 Å². The lowest BCUT2D eigenvalue weighted by Crippen LogP contribution is -2.25. The van der Waals surface area contributed by atoms with Crippen LogP contribution in [0.1, 0.15) is 19.4 Å². The van der Waals surface area contributed by atoms with Crippen molar-refractivity contribution in [2.24, 2.45) is 0 Å². The zero-order valence-electron chi connectivity index (χ0n) is 12.5. The Kier molecular flexibility index (Phi) is 5.36. The predicted octanol–water partition coefficient (Wildman–Crippen LogP) is 2.88. The van der Waals surface area contributed by atoms with Crippen LogP contribution in [0.5, 0.6) is 5.75 Å². The third-order valence-electron chi connectivity index (χ3n) is 3.01. The Bertz CT molecular complexity index is 641. The van der Waals surface area contributed by atoms with E-state index in [1.165, 1.54) is 6.07 Å². The molecule has 0 amide bonds. The van der Waals surface area contributed by atoms with E-state index in [2.05, 4.69) is 0 Å². The molecule has 0 saturated carbocycles. The fraction of sp³-hybridized carbons (Fsp3) is 0.438. The van der Waals surface area contributed by atoms with Gasteiger partial charge in [0.2, 0.25) is 0 Å². The summed E-state index contributed by atoms with van der Waals surface area (Å²) in [4.78, 5) is 11.4. The van der Waals surface area contributed by atoms with E-state index in [4.69, 9.17) is 18.6 Å². The SMILES string of the molecule is CCOC(COc1ccc2c(C)cc(=O)oc2c1)OCC. The van der Waals surface area contributed by atoms with E-state index in [9.17, 15) is 4.79 Å². The normalized spacial score (nSPS) is 11.2. The van der Waals surface area contributed by atoms with Crippen LogP contribution >= 0.6 is 0 Å². The van der Waals surface area contributed by atoms with Crippen molar-refractivity contribution >= 4 is 11.0 Å². The summed E-state index contributed by atoms with van der Waals surface area (Å²) in [6, 6.07) is 6.89. The van der Waals surface area contributed by atoms with Crippen LogP contribution in [0.25, 0.3) is 11.0 Å². The molecule has 0 radical (unpaired) electrons. The number of fused-ring (bicyclic) bond motifs is 1. The maximum atomic E-state index is 11.4. The quantitative estimate of drug-likeness (QED) is 0.580. The minimum Gasteiger partial charge on any atom is -0.488 e. The van der Waals surface area contributed by atoms with Gasteiger partial charge < -0.3 is 18.6 Å². The van der Waals surface area contributed by atoms with E-state index in [1.807, 2.05) is 32.9 Å². The van der Waals surface area contributed by atoms with Crippen molar-refractivity contribution in [2.45, 2.75) is 27.1 Å². The smallest absolute Gasteiger partial charge is 0.336 e. The standard InChI is InChI=1S/C16H20O5/c1-4-18-16(19-5-2)10-20-12-6-7-13-11(3)8-15(17)21-14(13)9-12/h6-9,16H,4-5,10H2,1-3H3. The average molecular weight is 292 g/mol. The molecule has 0 saturated heterocycles. The molecular weight excluding hydrogens is 272 g/mol. The van der Waals surface area contributed by atoms with Crippen molar-refractivity contribution in [3.63, 3.8) is 0 Å². The Morgan fingerprint density at radius 2 is 1.86 bits per heavy atom. The second-order valence-corrected chi connectivity index (χ2v) is 4.56. The molecule has 2 aromatic rings. The van der Waals surface area contributed by atoms with E-state index < -0.39 is 6.29 Å². The van der Waals surface area contributed by atoms with Crippen molar-refractivity contribution in [1.82, 2.24) is 0 Å². The summed E-state index contributed by atoms with van der Waals surface area (Å²) in [5.74, 6) is 0.612. The lowest BCUT2D eigenvalue weighted by Gasteiger charge is -2.17. The molecule has 5 heteroatoms. The Balaban J connectivity index is 2.13. The fourth-order valence-corrected chi connectivity index (χ4v) is 2.08. The zero-order valence-corrected chi connectivity index (χ0v) is 12.5. The van der Waals surface area contributed by atoms with Gasteiger partial charge in [0.25, 0.3) is 0 Å². The Labute approximate surface area is 123 Å². The van der Waals surface area contributed by atoms with Crippen LogP contribution in [0.15, 0.2) is 33.5 Å². The number of hydrogen-bond donors (Lipinski definition) is 0. The van der Waals surface area contributed by atoms with E-state index >= 15 is 0 Å². The highest BCUT2D eigenvalue weighted by atomic mass is 16.7. The van der Waals surface area contributed by atoms with E-state index in [0.717, 1.165) is 10.9 Å². The summed E-state index contributed by atoms with van der Waals surface area (Å²) >= 11 is 0. The van der Waals surface area contributed by atoms with Gasteiger partial charge in [0.15, 0.2) is 6.29 Å². The molecule has 0 aliphatic heterocycles. The van der Waals surface area contributed by atoms with Gasteiger partial charge in [0.1, 0.15) is 17.9 Å². The molecule has 5 nitrogen and oxygen atoms in total. The third kappa shape index (κ3) is 4.06. The molecule has 1 aromatic carbocycles. The molecule has 21 heavy (non-hydrogen) atoms. The fourth-order valence-electron chi connectivity index (χ4n) is 2.08. The molecule has 2 rings (SSSR count).